The van der Waals surface area contributed by atoms with E-state index in [2.05, 4.69) is 31.1 Å². The molecule has 3 aliphatic carbocycles. The Kier molecular flexibility index (Phi) is 10.0. The molecule has 1 amide bonds. The van der Waals surface area contributed by atoms with E-state index < -0.39 is 48.2 Å². The summed E-state index contributed by atoms with van der Waals surface area (Å²) in [5, 5.41) is 3.29. The second-order valence-corrected chi connectivity index (χ2v) is 19.9. The maximum atomic E-state index is 14.3. The lowest BCUT2D eigenvalue weighted by Crippen LogP contribution is -2.65. The summed E-state index contributed by atoms with van der Waals surface area (Å²) in [7, 11) is 1.34. The van der Waals surface area contributed by atoms with Crippen molar-refractivity contribution >= 4 is 25.2 Å². The van der Waals surface area contributed by atoms with Crippen molar-refractivity contribution in [2.75, 3.05) is 6.54 Å². The second kappa shape index (κ2) is 14.0. The molecule has 3 saturated carbocycles. The van der Waals surface area contributed by atoms with Crippen molar-refractivity contribution in [2.24, 2.45) is 24.3 Å². The fourth-order valence-corrected chi connectivity index (χ4v) is 9.04. The third-order valence-electron chi connectivity index (χ3n) is 11.8. The normalized spacial score (nSPS) is 27.7. The van der Waals surface area contributed by atoms with Gasteiger partial charge in [-0.2, -0.15) is 0 Å². The van der Waals surface area contributed by atoms with E-state index in [0.717, 1.165) is 12.8 Å². The Balaban J connectivity index is 1.23. The molecular formula is C42H59BN4O10. The number of nitrogens with zero attached hydrogens (tertiary/aromatic N) is 3. The lowest BCUT2D eigenvalue weighted by Gasteiger charge is -2.64. The highest BCUT2D eigenvalue weighted by molar-refractivity contribution is 6.45. The second-order valence-electron chi connectivity index (χ2n) is 19.9. The van der Waals surface area contributed by atoms with E-state index in [-0.39, 0.29) is 46.6 Å². The Labute approximate surface area is 336 Å². The van der Waals surface area contributed by atoms with Gasteiger partial charge in [0, 0.05) is 7.05 Å². The maximum absolute atomic E-state index is 14.3. The predicted molar refractivity (Wildman–Crippen MR) is 210 cm³/mol. The first kappa shape index (κ1) is 40.9. The number of imidazole rings is 1. The topological polar surface area (TPSA) is 149 Å². The summed E-state index contributed by atoms with van der Waals surface area (Å²) in [6.07, 6.45) is 4.48. The molecule has 6 atom stereocenters. The largest absolute Gasteiger partial charge is 0.514 e. The highest BCUT2D eigenvalue weighted by atomic mass is 16.7. The lowest BCUT2D eigenvalue weighted by molar-refractivity contribution is -0.199. The van der Waals surface area contributed by atoms with E-state index in [4.69, 9.17) is 33.0 Å². The SMILES string of the molecule is Cn1cncc1C1NC(OC(C)(C)C)=C2C(Oc3ccc(CCB4O[C@@H]5C[C@@H]6CC(C6(C)C)[C@]5(C)O4)c(OC(=O)OC(C)(C)C)c3C(=O)OC(C)(C)C)CN2C1=O. The summed E-state index contributed by atoms with van der Waals surface area (Å²) in [5.74, 6) is 0.509. The Hall–Kier alpha value is -4.24. The van der Waals surface area contributed by atoms with Gasteiger partial charge >= 0.3 is 19.2 Å². The van der Waals surface area contributed by atoms with Crippen LogP contribution in [0.15, 0.2) is 36.2 Å². The number of fused-ring (bicyclic) bond motifs is 1. The number of nitrogens with one attached hydrogen (secondary N) is 1. The van der Waals surface area contributed by atoms with E-state index in [9.17, 15) is 14.4 Å². The number of carbonyl (C=O) groups excluding carboxylic acids is 3. The number of hydrogen-bond donors (Lipinski definition) is 1. The number of ether oxygens (including phenoxy) is 5. The van der Waals surface area contributed by atoms with E-state index in [1.165, 1.54) is 0 Å². The molecule has 15 heteroatoms. The quantitative estimate of drug-likeness (QED) is 0.160. The van der Waals surface area contributed by atoms with Gasteiger partial charge in [0.05, 0.1) is 36.5 Å². The molecule has 3 aliphatic heterocycles. The number of esters is 1. The number of hydrogen-bond acceptors (Lipinski definition) is 12. The van der Waals surface area contributed by atoms with Crippen LogP contribution in [-0.4, -0.2) is 80.8 Å². The Bertz CT molecular complexity index is 1970. The smallest absolute Gasteiger partial charge is 0.481 e. The van der Waals surface area contributed by atoms with Gasteiger partial charge < -0.3 is 47.8 Å². The van der Waals surface area contributed by atoms with Crippen molar-refractivity contribution in [3.05, 3.63) is 53.1 Å². The Morgan fingerprint density at radius 2 is 1.70 bits per heavy atom. The van der Waals surface area contributed by atoms with Crippen LogP contribution in [0, 0.1) is 17.3 Å². The van der Waals surface area contributed by atoms with Crippen LogP contribution >= 0.6 is 0 Å². The zero-order valence-electron chi connectivity index (χ0n) is 35.7. The number of aromatic nitrogens is 2. The minimum atomic E-state index is -0.985. The highest BCUT2D eigenvalue weighted by Gasteiger charge is 2.67. The molecule has 2 saturated heterocycles. The van der Waals surface area contributed by atoms with Crippen molar-refractivity contribution in [2.45, 2.75) is 149 Å². The third-order valence-corrected chi connectivity index (χ3v) is 11.8. The van der Waals surface area contributed by atoms with Gasteiger partial charge in [-0.15, -0.1) is 0 Å². The van der Waals surface area contributed by atoms with Crippen LogP contribution in [0.1, 0.15) is 124 Å². The minimum absolute atomic E-state index is 0.00827. The first-order chi connectivity index (χ1) is 26.3. The zero-order chi connectivity index (χ0) is 41.6. The molecule has 57 heavy (non-hydrogen) atoms. The van der Waals surface area contributed by atoms with Crippen LogP contribution in [0.5, 0.6) is 11.5 Å². The van der Waals surface area contributed by atoms with Gasteiger partial charge in [-0.05, 0) is 124 Å². The van der Waals surface area contributed by atoms with E-state index in [1.54, 1.807) is 75.7 Å². The van der Waals surface area contributed by atoms with Crippen LogP contribution < -0.4 is 14.8 Å². The van der Waals surface area contributed by atoms with Crippen molar-refractivity contribution in [1.82, 2.24) is 19.8 Å². The maximum Gasteiger partial charge on any atom is 0.514 e. The molecule has 1 N–H and O–H groups in total. The van der Waals surface area contributed by atoms with Crippen molar-refractivity contribution in [3.63, 3.8) is 0 Å². The summed E-state index contributed by atoms with van der Waals surface area (Å²) < 4.78 is 45.5. The van der Waals surface area contributed by atoms with Crippen LogP contribution in [0.3, 0.4) is 0 Å². The van der Waals surface area contributed by atoms with Gasteiger partial charge in [0.15, 0.2) is 17.9 Å². The van der Waals surface area contributed by atoms with Crippen molar-refractivity contribution in [1.29, 1.82) is 0 Å². The van der Waals surface area contributed by atoms with Crippen LogP contribution in [0.25, 0.3) is 0 Å². The molecule has 1 aromatic heterocycles. The molecule has 6 aliphatic rings. The number of carbonyl (C=O) groups is 3. The number of aryl methyl sites for hydroxylation is 2. The van der Waals surface area contributed by atoms with Crippen LogP contribution in [-0.2, 0) is 41.8 Å². The monoisotopic (exact) mass is 790 g/mol. The molecule has 1 aromatic carbocycles. The molecule has 4 heterocycles. The van der Waals surface area contributed by atoms with Gasteiger partial charge in [-0.3, -0.25) is 4.79 Å². The molecule has 8 rings (SSSR count). The van der Waals surface area contributed by atoms with Gasteiger partial charge in [-0.1, -0.05) is 19.9 Å². The Morgan fingerprint density at radius 1 is 1.00 bits per heavy atom. The summed E-state index contributed by atoms with van der Waals surface area (Å²) >= 11 is 0. The average molecular weight is 791 g/mol. The van der Waals surface area contributed by atoms with Crippen molar-refractivity contribution < 1.29 is 47.4 Å². The van der Waals surface area contributed by atoms with Crippen LogP contribution in [0.4, 0.5) is 4.79 Å². The van der Waals surface area contributed by atoms with Gasteiger partial charge in [0.1, 0.15) is 33.8 Å². The Morgan fingerprint density at radius 3 is 2.32 bits per heavy atom. The number of benzene rings is 1. The molecular weight excluding hydrogens is 731 g/mol. The van der Waals surface area contributed by atoms with E-state index >= 15 is 0 Å². The third kappa shape index (κ3) is 7.85. The molecule has 0 radical (unpaired) electrons. The zero-order valence-corrected chi connectivity index (χ0v) is 35.7. The molecule has 5 fully saturated rings. The molecule has 14 nitrogen and oxygen atoms in total. The summed E-state index contributed by atoms with van der Waals surface area (Å²) in [6, 6.07) is 2.71. The first-order valence-corrected chi connectivity index (χ1v) is 20.1. The van der Waals surface area contributed by atoms with Crippen LogP contribution in [0.2, 0.25) is 6.32 Å². The summed E-state index contributed by atoms with van der Waals surface area (Å²) in [6.45, 7) is 23.2. The standard InChI is InChI=1S/C42H59BN4O10/c1-38(2,3)53-34-32-27(21-47(32)35(48)31(45-34)25-20-44-22-46(25)13)51-26-15-14-23(16-17-43-56-29-19-24-18-28(41(24,10)11)42(29,12)57-43)33(52-37(50)55-40(7,8)9)30(26)36(49)54-39(4,5)6/h14-15,20,22,24,27-29,31,45H,16-19,21H2,1-13H3/t24-,27?,28?,29+,31?,42-/m0/s1. The molecule has 2 bridgehead atoms. The fourth-order valence-electron chi connectivity index (χ4n) is 9.04. The molecule has 0 spiro atoms. The van der Waals surface area contributed by atoms with Gasteiger partial charge in [0.2, 0.25) is 5.88 Å². The highest BCUT2D eigenvalue weighted by Crippen LogP contribution is 2.65. The first-order valence-electron chi connectivity index (χ1n) is 20.1. The van der Waals surface area contributed by atoms with Crippen molar-refractivity contribution in [3.8, 4) is 11.5 Å². The average Bonchev–Trinajstić information content (AvgIpc) is 3.63. The van der Waals surface area contributed by atoms with Gasteiger partial charge in [-0.25, -0.2) is 14.6 Å². The minimum Gasteiger partial charge on any atom is -0.481 e. The number of amides is 1. The number of rotatable bonds is 9. The molecule has 310 valence electrons. The lowest BCUT2D eigenvalue weighted by atomic mass is 9.43. The molecule has 2 aromatic rings. The fraction of sp³-hybridized carbons (Fsp3) is 0.667. The molecule has 3 unspecified atom stereocenters. The van der Waals surface area contributed by atoms with Gasteiger partial charge in [0.25, 0.3) is 5.91 Å². The predicted octanol–water partition coefficient (Wildman–Crippen LogP) is 6.88. The van der Waals surface area contributed by atoms with E-state index in [0.29, 0.717) is 47.4 Å². The summed E-state index contributed by atoms with van der Waals surface area (Å²) in [5.41, 5.74) is -0.964. The van der Waals surface area contributed by atoms with E-state index in [1.807, 2.05) is 27.8 Å². The summed E-state index contributed by atoms with van der Waals surface area (Å²) in [4.78, 5) is 47.3.